The Morgan fingerprint density at radius 2 is 1.56 bits per heavy atom. The van der Waals surface area contributed by atoms with E-state index < -0.39 is 28.9 Å². The van der Waals surface area contributed by atoms with Gasteiger partial charge in [-0.1, -0.05) is 24.3 Å². The molecule has 1 unspecified atom stereocenters. The maximum absolute atomic E-state index is 13.0. The number of allylic oxidation sites excluding steroid dienone is 2. The van der Waals surface area contributed by atoms with Crippen molar-refractivity contribution < 1.29 is 48.0 Å². The van der Waals surface area contributed by atoms with Gasteiger partial charge in [0.05, 0.1) is 43.3 Å². The van der Waals surface area contributed by atoms with Gasteiger partial charge in [-0.05, 0) is 49.7 Å². The van der Waals surface area contributed by atoms with Gasteiger partial charge in [0.2, 0.25) is 0 Å². The van der Waals surface area contributed by atoms with Gasteiger partial charge in [-0.15, -0.1) is 0 Å². The molecule has 0 aromatic heterocycles. The number of methoxy groups -OCH3 is 3. The maximum atomic E-state index is 13.0. The van der Waals surface area contributed by atoms with E-state index in [9.17, 15) is 24.8 Å². The van der Waals surface area contributed by atoms with Gasteiger partial charge in [-0.2, -0.15) is 0 Å². The Labute approximate surface area is 289 Å². The molecule has 0 bridgehead atoms. The van der Waals surface area contributed by atoms with Crippen LogP contribution in [0.3, 0.4) is 0 Å². The number of esters is 2. The highest BCUT2D eigenvalue weighted by atomic mass is 16.6. The summed E-state index contributed by atoms with van der Waals surface area (Å²) in [4.78, 5) is 37.3. The van der Waals surface area contributed by atoms with Gasteiger partial charge in [0.25, 0.3) is 5.69 Å². The van der Waals surface area contributed by atoms with Crippen LogP contribution in [0.1, 0.15) is 30.9 Å². The van der Waals surface area contributed by atoms with Crippen molar-refractivity contribution >= 4 is 17.6 Å². The number of ether oxygens (including phenoxy) is 6. The number of dihydropyridines is 1. The van der Waals surface area contributed by atoms with E-state index in [0.717, 1.165) is 5.56 Å². The SMILES string of the molecule is COC(=O)C1=C(C)NC(C)=C(C(=O)OC)C1c1cc([N+](=O)[O-])ccc1OCc1cccc(OCCNCC(O)COc2ccccc2OC)c1. The summed E-state index contributed by atoms with van der Waals surface area (Å²) in [7, 11) is 3.97. The molecule has 0 fully saturated rings. The van der Waals surface area contributed by atoms with Crippen molar-refractivity contribution in [2.75, 3.05) is 47.6 Å². The van der Waals surface area contributed by atoms with E-state index in [1.807, 2.05) is 18.2 Å². The Balaban J connectivity index is 1.42. The van der Waals surface area contributed by atoms with E-state index in [-0.39, 0.29) is 41.4 Å². The first-order valence-electron chi connectivity index (χ1n) is 15.7. The van der Waals surface area contributed by atoms with Crippen LogP contribution in [0.2, 0.25) is 0 Å². The number of hydrogen-bond donors (Lipinski definition) is 3. The molecule has 3 N–H and O–H groups in total. The smallest absolute Gasteiger partial charge is 0.336 e. The second-order valence-corrected chi connectivity index (χ2v) is 11.2. The van der Waals surface area contributed by atoms with Crippen molar-refractivity contribution in [2.45, 2.75) is 32.5 Å². The van der Waals surface area contributed by atoms with E-state index >= 15 is 0 Å². The summed E-state index contributed by atoms with van der Waals surface area (Å²) >= 11 is 0. The molecule has 0 saturated heterocycles. The summed E-state index contributed by atoms with van der Waals surface area (Å²) in [5.74, 6) is -0.596. The Kier molecular flexibility index (Phi) is 13.2. The van der Waals surface area contributed by atoms with Crippen LogP contribution in [-0.2, 0) is 25.7 Å². The molecule has 4 rings (SSSR count). The third-order valence-electron chi connectivity index (χ3n) is 7.81. The number of aliphatic hydroxyl groups excluding tert-OH is 1. The van der Waals surface area contributed by atoms with E-state index in [4.69, 9.17) is 28.4 Å². The van der Waals surface area contributed by atoms with Gasteiger partial charge in [-0.25, -0.2) is 9.59 Å². The number of nitrogens with one attached hydrogen (secondary N) is 2. The van der Waals surface area contributed by atoms with E-state index in [1.54, 1.807) is 51.3 Å². The van der Waals surface area contributed by atoms with Crippen molar-refractivity contribution in [3.8, 4) is 23.0 Å². The number of rotatable bonds is 17. The lowest BCUT2D eigenvalue weighted by Crippen LogP contribution is -2.33. The first-order chi connectivity index (χ1) is 24.1. The molecule has 14 heteroatoms. The number of nitrogens with zero attached hydrogens (tertiary/aromatic N) is 1. The lowest BCUT2D eigenvalue weighted by molar-refractivity contribution is -0.384. The monoisotopic (exact) mass is 691 g/mol. The van der Waals surface area contributed by atoms with Crippen LogP contribution in [0.25, 0.3) is 0 Å². The zero-order valence-corrected chi connectivity index (χ0v) is 28.5. The molecule has 1 aliphatic heterocycles. The highest BCUT2D eigenvalue weighted by Crippen LogP contribution is 2.44. The van der Waals surface area contributed by atoms with Crippen LogP contribution in [0.5, 0.6) is 23.0 Å². The average Bonchev–Trinajstić information content (AvgIpc) is 3.12. The number of carbonyl (C=O) groups excluding carboxylic acids is 2. The normalized spacial score (nSPS) is 13.6. The number of aliphatic hydroxyl groups is 1. The minimum absolute atomic E-state index is 0.0378. The number of carbonyl (C=O) groups is 2. The molecule has 1 atom stereocenters. The van der Waals surface area contributed by atoms with Crippen LogP contribution in [0.15, 0.2) is 89.3 Å². The Hall–Kier alpha value is -5.60. The minimum atomic E-state index is -1.08. The minimum Gasteiger partial charge on any atom is -0.493 e. The van der Waals surface area contributed by atoms with Crippen molar-refractivity contribution in [3.63, 3.8) is 0 Å². The second kappa shape index (κ2) is 17.7. The summed E-state index contributed by atoms with van der Waals surface area (Å²) in [6, 6.07) is 18.4. The lowest BCUT2D eigenvalue weighted by atomic mass is 9.79. The Morgan fingerprint density at radius 1 is 0.880 bits per heavy atom. The molecule has 0 aliphatic carbocycles. The molecule has 14 nitrogen and oxygen atoms in total. The van der Waals surface area contributed by atoms with Gasteiger partial charge in [0, 0.05) is 42.2 Å². The van der Waals surface area contributed by atoms with Crippen LogP contribution >= 0.6 is 0 Å². The fourth-order valence-electron chi connectivity index (χ4n) is 5.45. The van der Waals surface area contributed by atoms with Gasteiger partial charge >= 0.3 is 11.9 Å². The summed E-state index contributed by atoms with van der Waals surface area (Å²) in [6.45, 7) is 4.49. The van der Waals surface area contributed by atoms with Crippen molar-refractivity contribution in [3.05, 3.63) is 111 Å². The highest BCUT2D eigenvalue weighted by Gasteiger charge is 2.39. The molecule has 0 saturated carbocycles. The van der Waals surface area contributed by atoms with Gasteiger partial charge < -0.3 is 44.2 Å². The topological polar surface area (TPSA) is 177 Å². The molecule has 50 heavy (non-hydrogen) atoms. The van der Waals surface area contributed by atoms with E-state index in [2.05, 4.69) is 10.6 Å². The third kappa shape index (κ3) is 9.30. The van der Waals surface area contributed by atoms with Crippen LogP contribution < -0.4 is 29.6 Å². The standard InChI is InChI=1S/C36H41N3O11/c1-22-32(35(41)46-4)34(33(23(2)38-22)36(42)47-5)28-18-25(39(43)44)13-14-29(28)49-20-24-9-8-10-27(17-24)48-16-15-37-19-26(40)21-50-31-12-7-6-11-30(31)45-3/h6-14,17-18,26,34,37-38,40H,15-16,19-21H2,1-5H3. The molecule has 1 heterocycles. The van der Waals surface area contributed by atoms with Crippen LogP contribution in [-0.4, -0.2) is 75.7 Å². The first kappa shape index (κ1) is 37.2. The third-order valence-corrected chi connectivity index (χ3v) is 7.81. The van der Waals surface area contributed by atoms with Crippen molar-refractivity contribution in [2.24, 2.45) is 0 Å². The molecular formula is C36H41N3O11. The zero-order chi connectivity index (χ0) is 36.2. The fourth-order valence-corrected chi connectivity index (χ4v) is 5.45. The van der Waals surface area contributed by atoms with Gasteiger partial charge in [0.15, 0.2) is 11.5 Å². The van der Waals surface area contributed by atoms with Crippen molar-refractivity contribution in [1.82, 2.24) is 10.6 Å². The zero-order valence-electron chi connectivity index (χ0n) is 28.5. The van der Waals surface area contributed by atoms with Gasteiger partial charge in [0.1, 0.15) is 37.4 Å². The average molecular weight is 692 g/mol. The number of benzene rings is 3. The largest absolute Gasteiger partial charge is 0.493 e. The molecule has 0 radical (unpaired) electrons. The molecule has 266 valence electrons. The first-order valence-corrected chi connectivity index (χ1v) is 15.7. The number of non-ortho nitro benzene ring substituents is 1. The van der Waals surface area contributed by atoms with E-state index in [1.165, 1.54) is 32.4 Å². The summed E-state index contributed by atoms with van der Waals surface area (Å²) < 4.78 is 33.1. The summed E-state index contributed by atoms with van der Waals surface area (Å²) in [5.41, 5.74) is 1.70. The van der Waals surface area contributed by atoms with Crippen LogP contribution in [0, 0.1) is 10.1 Å². The second-order valence-electron chi connectivity index (χ2n) is 11.2. The summed E-state index contributed by atoms with van der Waals surface area (Å²) in [5, 5.41) is 28.2. The fraction of sp³-hybridized carbons (Fsp3) is 0.333. The summed E-state index contributed by atoms with van der Waals surface area (Å²) in [6.07, 6.45) is -0.749. The molecule has 0 amide bonds. The quantitative estimate of drug-likeness (QED) is 0.0796. The maximum Gasteiger partial charge on any atom is 0.336 e. The number of nitro benzene ring substituents is 1. The lowest BCUT2D eigenvalue weighted by Gasteiger charge is -2.30. The Morgan fingerprint density at radius 3 is 2.20 bits per heavy atom. The molecule has 3 aromatic carbocycles. The predicted octanol–water partition coefficient (Wildman–Crippen LogP) is 4.17. The van der Waals surface area contributed by atoms with Gasteiger partial charge in [-0.3, -0.25) is 10.1 Å². The van der Waals surface area contributed by atoms with Crippen LogP contribution in [0.4, 0.5) is 5.69 Å². The highest BCUT2D eigenvalue weighted by molar-refractivity contribution is 6.00. The molecule has 3 aromatic rings. The number of nitro groups is 1. The van der Waals surface area contributed by atoms with Crippen molar-refractivity contribution in [1.29, 1.82) is 0 Å². The predicted molar refractivity (Wildman–Crippen MR) is 182 cm³/mol. The molecule has 1 aliphatic rings. The Bertz CT molecular complexity index is 1720. The number of hydrogen-bond acceptors (Lipinski definition) is 13. The number of para-hydroxylation sites is 2. The molecular weight excluding hydrogens is 650 g/mol. The molecule has 0 spiro atoms. The van der Waals surface area contributed by atoms with E-state index in [0.29, 0.717) is 48.3 Å².